The third-order valence-corrected chi connectivity index (χ3v) is 1.28. The maximum absolute atomic E-state index is 3.90. The van der Waals surface area contributed by atoms with Gasteiger partial charge in [0.25, 0.3) is 0 Å². The van der Waals surface area contributed by atoms with Crippen molar-refractivity contribution >= 4 is 0 Å². The van der Waals surface area contributed by atoms with Crippen LogP contribution in [0, 0.1) is 0 Å². The average molecular weight is 123 g/mol. The van der Waals surface area contributed by atoms with Gasteiger partial charge in [0.05, 0.1) is 0 Å². The van der Waals surface area contributed by atoms with Gasteiger partial charge in [0.2, 0.25) is 0 Å². The van der Waals surface area contributed by atoms with Crippen molar-refractivity contribution in [1.82, 2.24) is 4.98 Å². The fraction of sp³-hybridized carbons (Fsp3) is 0.286. The number of rotatable bonds is 1. The Hall–Kier alpha value is -0.890. The van der Waals surface area contributed by atoms with Crippen LogP contribution >= 0.6 is 0 Å². The molecule has 0 aliphatic heterocycles. The molecule has 3 N–H and O–H groups in total. The quantitative estimate of drug-likeness (QED) is 0.576. The van der Waals surface area contributed by atoms with Gasteiger partial charge in [0, 0.05) is 18.0 Å². The van der Waals surface area contributed by atoms with Gasteiger partial charge in [0.15, 0.2) is 0 Å². The Labute approximate surface area is 54.7 Å². The minimum Gasteiger partial charge on any atom is -0.352 e. The lowest BCUT2D eigenvalue weighted by molar-refractivity contribution is -0.420. The van der Waals surface area contributed by atoms with Crippen molar-refractivity contribution in [1.29, 1.82) is 0 Å². The first-order valence-electron chi connectivity index (χ1n) is 3.03. The second-order valence-electron chi connectivity index (χ2n) is 2.18. The summed E-state index contributed by atoms with van der Waals surface area (Å²) < 4.78 is 0. The Morgan fingerprint density at radius 1 is 1.44 bits per heavy atom. The highest BCUT2D eigenvalue weighted by Crippen LogP contribution is 2.03. The number of aromatic nitrogens is 1. The topological polar surface area (TPSA) is 40.5 Å². The predicted octanol–water partition coefficient (Wildman–Crippen LogP) is 0.384. The van der Waals surface area contributed by atoms with Crippen LogP contribution in [-0.2, 0) is 0 Å². The van der Waals surface area contributed by atoms with Crippen LogP contribution in [-0.4, -0.2) is 4.98 Å². The molecular formula is C7H11N2+. The molecule has 0 aliphatic rings. The van der Waals surface area contributed by atoms with E-state index in [0.717, 1.165) is 0 Å². The molecule has 0 saturated carbocycles. The third-order valence-electron chi connectivity index (χ3n) is 1.28. The van der Waals surface area contributed by atoms with Crippen molar-refractivity contribution < 1.29 is 5.73 Å². The first-order chi connectivity index (χ1) is 4.30. The third kappa shape index (κ3) is 1.50. The monoisotopic (exact) mass is 123 g/mol. The Balaban J connectivity index is 2.85. The van der Waals surface area contributed by atoms with Crippen LogP contribution in [0.3, 0.4) is 0 Å². The normalized spacial score (nSPS) is 13.1. The van der Waals surface area contributed by atoms with Crippen LogP contribution in [0.4, 0.5) is 0 Å². The van der Waals surface area contributed by atoms with Crippen LogP contribution in [0.15, 0.2) is 24.5 Å². The van der Waals surface area contributed by atoms with Crippen LogP contribution in [0.1, 0.15) is 18.5 Å². The number of hydrogen-bond acceptors (Lipinski definition) is 1. The molecule has 0 amide bonds. The highest BCUT2D eigenvalue weighted by Gasteiger charge is 1.98. The van der Waals surface area contributed by atoms with Crippen molar-refractivity contribution in [3.05, 3.63) is 30.1 Å². The minimum atomic E-state index is 0.369. The lowest BCUT2D eigenvalue weighted by Gasteiger charge is -1.98. The molecule has 1 aromatic rings. The van der Waals surface area contributed by atoms with Crippen molar-refractivity contribution in [2.45, 2.75) is 13.0 Å². The molecule has 0 bridgehead atoms. The molecule has 0 saturated heterocycles. The zero-order valence-electron chi connectivity index (χ0n) is 5.54. The van der Waals surface area contributed by atoms with Gasteiger partial charge in [0.1, 0.15) is 6.04 Å². The summed E-state index contributed by atoms with van der Waals surface area (Å²) in [6.45, 7) is 2.06. The van der Waals surface area contributed by atoms with E-state index in [1.807, 2.05) is 12.1 Å². The molecule has 0 radical (unpaired) electrons. The molecule has 48 valence electrons. The highest BCUT2D eigenvalue weighted by atomic mass is 14.6. The maximum Gasteiger partial charge on any atom is 0.107 e. The van der Waals surface area contributed by atoms with E-state index in [1.54, 1.807) is 12.4 Å². The Morgan fingerprint density at radius 3 is 2.33 bits per heavy atom. The molecular weight excluding hydrogens is 112 g/mol. The van der Waals surface area contributed by atoms with Crippen LogP contribution in [0.5, 0.6) is 0 Å². The lowest BCUT2D eigenvalue weighted by Crippen LogP contribution is -2.51. The Bertz CT molecular complexity index is 170. The van der Waals surface area contributed by atoms with Crippen LogP contribution < -0.4 is 5.73 Å². The zero-order valence-corrected chi connectivity index (χ0v) is 5.54. The van der Waals surface area contributed by atoms with E-state index in [1.165, 1.54) is 5.56 Å². The molecule has 1 heterocycles. The smallest absolute Gasteiger partial charge is 0.107 e. The van der Waals surface area contributed by atoms with Crippen molar-refractivity contribution in [3.8, 4) is 0 Å². The fourth-order valence-electron chi connectivity index (χ4n) is 0.692. The van der Waals surface area contributed by atoms with E-state index < -0.39 is 0 Å². The molecule has 0 fully saturated rings. The highest BCUT2D eigenvalue weighted by molar-refractivity contribution is 5.11. The summed E-state index contributed by atoms with van der Waals surface area (Å²) in [5.74, 6) is 0. The van der Waals surface area contributed by atoms with Gasteiger partial charge in [-0.05, 0) is 19.1 Å². The minimum absolute atomic E-state index is 0.369. The lowest BCUT2D eigenvalue weighted by atomic mass is 10.1. The summed E-state index contributed by atoms with van der Waals surface area (Å²) in [6.07, 6.45) is 3.58. The van der Waals surface area contributed by atoms with Gasteiger partial charge < -0.3 is 5.73 Å². The van der Waals surface area contributed by atoms with Gasteiger partial charge in [-0.3, -0.25) is 4.98 Å². The molecule has 1 rings (SSSR count). The van der Waals surface area contributed by atoms with Gasteiger partial charge in [-0.25, -0.2) is 0 Å². The summed E-state index contributed by atoms with van der Waals surface area (Å²) in [5, 5.41) is 0. The van der Waals surface area contributed by atoms with Crippen molar-refractivity contribution in [3.63, 3.8) is 0 Å². The van der Waals surface area contributed by atoms with Gasteiger partial charge in [-0.1, -0.05) is 0 Å². The zero-order chi connectivity index (χ0) is 6.69. The number of pyridine rings is 1. The van der Waals surface area contributed by atoms with E-state index in [-0.39, 0.29) is 0 Å². The van der Waals surface area contributed by atoms with E-state index >= 15 is 0 Å². The first-order valence-corrected chi connectivity index (χ1v) is 3.03. The molecule has 0 unspecified atom stereocenters. The number of quaternary nitrogens is 1. The molecule has 9 heavy (non-hydrogen) atoms. The molecule has 1 aromatic heterocycles. The average Bonchev–Trinajstić information content (AvgIpc) is 1.90. The summed E-state index contributed by atoms with van der Waals surface area (Å²) in [4.78, 5) is 3.90. The van der Waals surface area contributed by atoms with Gasteiger partial charge in [-0.15, -0.1) is 0 Å². The Kier molecular flexibility index (Phi) is 1.80. The largest absolute Gasteiger partial charge is 0.352 e. The maximum atomic E-state index is 3.90. The first kappa shape index (κ1) is 6.23. The van der Waals surface area contributed by atoms with Gasteiger partial charge >= 0.3 is 0 Å². The molecule has 0 spiro atoms. The Morgan fingerprint density at radius 2 is 2.00 bits per heavy atom. The second kappa shape index (κ2) is 2.60. The van der Waals surface area contributed by atoms with E-state index in [4.69, 9.17) is 0 Å². The second-order valence-corrected chi connectivity index (χ2v) is 2.18. The molecule has 2 heteroatoms. The van der Waals surface area contributed by atoms with Crippen LogP contribution in [0.2, 0.25) is 0 Å². The SMILES string of the molecule is C[C@H]([NH3+])c1ccncc1. The predicted molar refractivity (Wildman–Crippen MR) is 35.5 cm³/mol. The van der Waals surface area contributed by atoms with E-state index in [2.05, 4.69) is 17.6 Å². The summed E-state index contributed by atoms with van der Waals surface area (Å²) >= 11 is 0. The summed E-state index contributed by atoms with van der Waals surface area (Å²) in [5.41, 5.74) is 5.12. The molecule has 0 aromatic carbocycles. The summed E-state index contributed by atoms with van der Waals surface area (Å²) in [7, 11) is 0. The number of hydrogen-bond donors (Lipinski definition) is 1. The standard InChI is InChI=1S/C7H10N2/c1-6(8)7-2-4-9-5-3-7/h2-6H,8H2,1H3/p+1/t6-/m0/s1. The van der Waals surface area contributed by atoms with Crippen molar-refractivity contribution in [2.75, 3.05) is 0 Å². The molecule has 2 nitrogen and oxygen atoms in total. The summed E-state index contributed by atoms with van der Waals surface area (Å²) in [6, 6.07) is 4.34. The van der Waals surface area contributed by atoms with Gasteiger partial charge in [-0.2, -0.15) is 0 Å². The van der Waals surface area contributed by atoms with Crippen LogP contribution in [0.25, 0.3) is 0 Å². The molecule has 0 aliphatic carbocycles. The number of nitrogens with zero attached hydrogens (tertiary/aromatic N) is 1. The van der Waals surface area contributed by atoms with E-state index in [0.29, 0.717) is 6.04 Å². The fourth-order valence-corrected chi connectivity index (χ4v) is 0.692. The molecule has 1 atom stereocenters. The van der Waals surface area contributed by atoms with E-state index in [9.17, 15) is 0 Å². The van der Waals surface area contributed by atoms with Crippen molar-refractivity contribution in [2.24, 2.45) is 0 Å².